The molecular weight excluding hydrogens is 254 g/mol. The van der Waals surface area contributed by atoms with Crippen molar-refractivity contribution in [2.45, 2.75) is 26.6 Å². The third kappa shape index (κ3) is 5.16. The molecule has 0 aromatic carbocycles. The summed E-state index contributed by atoms with van der Waals surface area (Å²) in [6.07, 6.45) is 0.233. The van der Waals surface area contributed by atoms with E-state index in [0.717, 1.165) is 12.4 Å². The fraction of sp³-hybridized carbons (Fsp3) is 0.667. The molecule has 0 saturated heterocycles. The summed E-state index contributed by atoms with van der Waals surface area (Å²) in [6.45, 7) is 5.77. The van der Waals surface area contributed by atoms with E-state index in [2.05, 4.69) is 9.97 Å². The molecule has 0 radical (unpaired) electrons. The van der Waals surface area contributed by atoms with Gasteiger partial charge in [0.25, 0.3) is 0 Å². The summed E-state index contributed by atoms with van der Waals surface area (Å²) >= 11 is 5.95. The number of ether oxygens (including phenoxy) is 2. The van der Waals surface area contributed by atoms with Crippen LogP contribution in [0.5, 0.6) is 0 Å². The molecule has 102 valence electrons. The van der Waals surface area contributed by atoms with Crippen LogP contribution in [0.4, 0.5) is 5.82 Å². The van der Waals surface area contributed by atoms with E-state index < -0.39 is 0 Å². The van der Waals surface area contributed by atoms with E-state index in [0.29, 0.717) is 24.2 Å². The van der Waals surface area contributed by atoms with E-state index in [4.69, 9.17) is 21.1 Å². The van der Waals surface area contributed by atoms with Crippen molar-refractivity contribution < 1.29 is 9.47 Å². The zero-order chi connectivity index (χ0) is 13.5. The fourth-order valence-corrected chi connectivity index (χ4v) is 1.58. The second-order valence-electron chi connectivity index (χ2n) is 4.24. The third-order valence-corrected chi connectivity index (χ3v) is 2.46. The van der Waals surface area contributed by atoms with E-state index in [1.54, 1.807) is 13.2 Å². The Kier molecular flexibility index (Phi) is 6.32. The highest BCUT2D eigenvalue weighted by atomic mass is 35.5. The van der Waals surface area contributed by atoms with Gasteiger partial charge in [-0.05, 0) is 13.8 Å². The fourth-order valence-electron chi connectivity index (χ4n) is 1.38. The SMILES string of the molecule is COCc1nc(Cl)cc(N(C)CCOC(C)C)n1. The van der Waals surface area contributed by atoms with Crippen molar-refractivity contribution in [2.75, 3.05) is 32.2 Å². The average molecular weight is 274 g/mol. The van der Waals surface area contributed by atoms with Crippen LogP contribution in [0.1, 0.15) is 19.7 Å². The Labute approximate surface area is 113 Å². The molecule has 6 heteroatoms. The normalized spacial score (nSPS) is 11.0. The molecule has 1 aromatic rings. The highest BCUT2D eigenvalue weighted by molar-refractivity contribution is 6.29. The summed E-state index contributed by atoms with van der Waals surface area (Å²) < 4.78 is 10.5. The van der Waals surface area contributed by atoms with Crippen LogP contribution in [0.2, 0.25) is 5.15 Å². The van der Waals surface area contributed by atoms with Crippen LogP contribution >= 0.6 is 11.6 Å². The summed E-state index contributed by atoms with van der Waals surface area (Å²) in [4.78, 5) is 10.4. The molecule has 0 amide bonds. The number of halogens is 1. The Morgan fingerprint density at radius 1 is 1.39 bits per heavy atom. The molecule has 0 aliphatic carbocycles. The minimum atomic E-state index is 0.233. The quantitative estimate of drug-likeness (QED) is 0.713. The van der Waals surface area contributed by atoms with E-state index in [1.807, 2.05) is 25.8 Å². The maximum atomic E-state index is 5.95. The molecule has 0 spiro atoms. The molecule has 1 rings (SSSR count). The first kappa shape index (κ1) is 15.1. The van der Waals surface area contributed by atoms with Gasteiger partial charge in [-0.1, -0.05) is 11.6 Å². The van der Waals surface area contributed by atoms with Crippen molar-refractivity contribution in [3.63, 3.8) is 0 Å². The topological polar surface area (TPSA) is 47.5 Å². The van der Waals surface area contributed by atoms with Crippen LogP contribution in [0.3, 0.4) is 0 Å². The summed E-state index contributed by atoms with van der Waals surface area (Å²) in [5.74, 6) is 1.35. The molecule has 0 N–H and O–H groups in total. The van der Waals surface area contributed by atoms with Gasteiger partial charge in [0.15, 0.2) is 5.82 Å². The first-order valence-corrected chi connectivity index (χ1v) is 6.26. The zero-order valence-corrected chi connectivity index (χ0v) is 12.1. The van der Waals surface area contributed by atoms with E-state index in [-0.39, 0.29) is 6.10 Å². The Morgan fingerprint density at radius 2 is 2.11 bits per heavy atom. The van der Waals surface area contributed by atoms with E-state index in [9.17, 15) is 0 Å². The van der Waals surface area contributed by atoms with Crippen LogP contribution < -0.4 is 4.90 Å². The minimum absolute atomic E-state index is 0.233. The van der Waals surface area contributed by atoms with Gasteiger partial charge in [-0.3, -0.25) is 0 Å². The number of hydrogen-bond donors (Lipinski definition) is 0. The van der Waals surface area contributed by atoms with Crippen LogP contribution in [-0.2, 0) is 16.1 Å². The first-order chi connectivity index (χ1) is 8.52. The van der Waals surface area contributed by atoms with Crippen LogP contribution in [0.25, 0.3) is 0 Å². The highest BCUT2D eigenvalue weighted by Gasteiger charge is 2.07. The van der Waals surface area contributed by atoms with Crippen molar-refractivity contribution in [3.8, 4) is 0 Å². The molecular formula is C12H20ClN3O2. The van der Waals surface area contributed by atoms with Gasteiger partial charge in [0.2, 0.25) is 0 Å². The van der Waals surface area contributed by atoms with Crippen LogP contribution in [-0.4, -0.2) is 43.4 Å². The third-order valence-electron chi connectivity index (χ3n) is 2.27. The predicted molar refractivity (Wildman–Crippen MR) is 72.1 cm³/mol. The van der Waals surface area contributed by atoms with Crippen molar-refractivity contribution in [2.24, 2.45) is 0 Å². The molecule has 0 saturated carbocycles. The maximum Gasteiger partial charge on any atom is 0.158 e. The Bertz CT molecular complexity index is 374. The number of hydrogen-bond acceptors (Lipinski definition) is 5. The average Bonchev–Trinajstić information content (AvgIpc) is 2.28. The molecule has 0 fully saturated rings. The monoisotopic (exact) mass is 273 g/mol. The summed E-state index contributed by atoms with van der Waals surface area (Å²) in [6, 6.07) is 1.73. The lowest BCUT2D eigenvalue weighted by atomic mass is 10.4. The zero-order valence-electron chi connectivity index (χ0n) is 11.3. The van der Waals surface area contributed by atoms with Gasteiger partial charge in [-0.15, -0.1) is 0 Å². The van der Waals surface area contributed by atoms with Crippen molar-refractivity contribution in [1.29, 1.82) is 0 Å². The van der Waals surface area contributed by atoms with E-state index >= 15 is 0 Å². The first-order valence-electron chi connectivity index (χ1n) is 5.88. The molecule has 0 atom stereocenters. The number of anilines is 1. The van der Waals surface area contributed by atoms with Crippen molar-refractivity contribution in [3.05, 3.63) is 17.0 Å². The second kappa shape index (κ2) is 7.51. The Morgan fingerprint density at radius 3 is 2.72 bits per heavy atom. The molecule has 0 aliphatic heterocycles. The highest BCUT2D eigenvalue weighted by Crippen LogP contribution is 2.15. The molecule has 18 heavy (non-hydrogen) atoms. The van der Waals surface area contributed by atoms with Gasteiger partial charge in [0, 0.05) is 26.8 Å². The molecule has 0 aliphatic rings. The van der Waals surface area contributed by atoms with Gasteiger partial charge in [0.1, 0.15) is 17.6 Å². The van der Waals surface area contributed by atoms with Gasteiger partial charge in [-0.2, -0.15) is 0 Å². The summed E-state index contributed by atoms with van der Waals surface area (Å²) in [5.41, 5.74) is 0. The lowest BCUT2D eigenvalue weighted by Gasteiger charge is -2.19. The second-order valence-corrected chi connectivity index (χ2v) is 4.63. The number of likely N-dealkylation sites (N-methyl/N-ethyl adjacent to an activating group) is 1. The van der Waals surface area contributed by atoms with Gasteiger partial charge in [-0.25, -0.2) is 9.97 Å². The standard InChI is InChI=1S/C12H20ClN3O2/c1-9(2)18-6-5-16(3)12-7-10(13)14-11(15-12)8-17-4/h7,9H,5-6,8H2,1-4H3. The minimum Gasteiger partial charge on any atom is -0.377 e. The predicted octanol–water partition coefficient (Wildman–Crippen LogP) is 2.14. The van der Waals surface area contributed by atoms with Gasteiger partial charge in [0.05, 0.1) is 12.7 Å². The van der Waals surface area contributed by atoms with Crippen molar-refractivity contribution in [1.82, 2.24) is 9.97 Å². The summed E-state index contributed by atoms with van der Waals surface area (Å²) in [7, 11) is 3.54. The summed E-state index contributed by atoms with van der Waals surface area (Å²) in [5, 5.41) is 0.420. The van der Waals surface area contributed by atoms with Crippen LogP contribution in [0.15, 0.2) is 6.07 Å². The molecule has 5 nitrogen and oxygen atoms in total. The van der Waals surface area contributed by atoms with Gasteiger partial charge < -0.3 is 14.4 Å². The molecule has 0 bridgehead atoms. The lowest BCUT2D eigenvalue weighted by Crippen LogP contribution is -2.25. The Hall–Kier alpha value is -0.910. The van der Waals surface area contributed by atoms with Crippen molar-refractivity contribution >= 4 is 17.4 Å². The van der Waals surface area contributed by atoms with Crippen LogP contribution in [0, 0.1) is 0 Å². The Balaban J connectivity index is 2.63. The smallest absolute Gasteiger partial charge is 0.158 e. The number of methoxy groups -OCH3 is 1. The lowest BCUT2D eigenvalue weighted by molar-refractivity contribution is 0.0845. The number of nitrogens with zero attached hydrogens (tertiary/aromatic N) is 3. The maximum absolute atomic E-state index is 5.95. The van der Waals surface area contributed by atoms with Gasteiger partial charge >= 0.3 is 0 Å². The number of aromatic nitrogens is 2. The number of rotatable bonds is 7. The van der Waals surface area contributed by atoms with E-state index in [1.165, 1.54) is 0 Å². The molecule has 1 heterocycles. The largest absolute Gasteiger partial charge is 0.377 e. The molecule has 1 aromatic heterocycles. The molecule has 0 unspecified atom stereocenters.